The van der Waals surface area contributed by atoms with Crippen LogP contribution in [0, 0.1) is 0 Å². The van der Waals surface area contributed by atoms with Gasteiger partial charge in [-0.05, 0) is 27.6 Å². The van der Waals surface area contributed by atoms with E-state index in [0.29, 0.717) is 6.54 Å². The van der Waals surface area contributed by atoms with Crippen LogP contribution in [0.4, 0.5) is 0 Å². The molecular formula is C16H14N4. The van der Waals surface area contributed by atoms with Gasteiger partial charge in [-0.3, -0.25) is 0 Å². The molecule has 0 atom stereocenters. The fraction of sp³-hybridized carbons (Fsp3) is 0.0625. The molecule has 3 rings (SSSR count). The normalized spacial score (nSPS) is 11.0. The van der Waals surface area contributed by atoms with Crippen molar-refractivity contribution >= 4 is 12.2 Å². The van der Waals surface area contributed by atoms with Gasteiger partial charge in [-0.1, -0.05) is 66.7 Å². The zero-order chi connectivity index (χ0) is 13.6. The van der Waals surface area contributed by atoms with Crippen LogP contribution < -0.4 is 0 Å². The van der Waals surface area contributed by atoms with E-state index in [1.807, 2.05) is 60.7 Å². The van der Waals surface area contributed by atoms with Gasteiger partial charge in [0, 0.05) is 0 Å². The van der Waals surface area contributed by atoms with Gasteiger partial charge in [0.05, 0.1) is 6.54 Å². The predicted molar refractivity (Wildman–Crippen MR) is 78.7 cm³/mol. The van der Waals surface area contributed by atoms with Crippen molar-refractivity contribution in [2.75, 3.05) is 0 Å². The molecule has 0 radical (unpaired) electrons. The number of rotatable bonds is 4. The molecule has 1 heterocycles. The maximum Gasteiger partial charge on any atom is 0.175 e. The Labute approximate surface area is 117 Å². The number of nitrogens with zero attached hydrogens (tertiary/aromatic N) is 4. The molecule has 0 N–H and O–H groups in total. The van der Waals surface area contributed by atoms with E-state index in [-0.39, 0.29) is 0 Å². The first kappa shape index (κ1) is 12.3. The summed E-state index contributed by atoms with van der Waals surface area (Å²) in [6.07, 6.45) is 3.94. The molecule has 4 nitrogen and oxygen atoms in total. The third kappa shape index (κ3) is 2.98. The minimum Gasteiger partial charge on any atom is -0.221 e. The van der Waals surface area contributed by atoms with Gasteiger partial charge in [0.25, 0.3) is 0 Å². The fourth-order valence-electron chi connectivity index (χ4n) is 1.93. The van der Waals surface area contributed by atoms with Crippen molar-refractivity contribution in [3.05, 3.63) is 77.6 Å². The molecule has 20 heavy (non-hydrogen) atoms. The zero-order valence-corrected chi connectivity index (χ0v) is 10.9. The smallest absolute Gasteiger partial charge is 0.175 e. The lowest BCUT2D eigenvalue weighted by atomic mass is 10.2. The lowest BCUT2D eigenvalue weighted by Crippen LogP contribution is -2.04. The highest BCUT2D eigenvalue weighted by Gasteiger charge is 2.02. The minimum atomic E-state index is 0.669. The molecule has 0 amide bonds. The van der Waals surface area contributed by atoms with Gasteiger partial charge < -0.3 is 0 Å². The average Bonchev–Trinajstić information content (AvgIpc) is 2.94. The molecule has 0 bridgehead atoms. The van der Waals surface area contributed by atoms with Crippen LogP contribution in [0.3, 0.4) is 0 Å². The van der Waals surface area contributed by atoms with Gasteiger partial charge in [-0.15, -0.1) is 5.10 Å². The second-order valence-corrected chi connectivity index (χ2v) is 4.42. The maximum absolute atomic E-state index is 4.04. The van der Waals surface area contributed by atoms with E-state index in [9.17, 15) is 0 Å². The second-order valence-electron chi connectivity index (χ2n) is 4.42. The molecule has 0 spiro atoms. The summed E-state index contributed by atoms with van der Waals surface area (Å²) in [5, 5.41) is 11.8. The molecule has 1 aromatic heterocycles. The van der Waals surface area contributed by atoms with Crippen molar-refractivity contribution in [3.63, 3.8) is 0 Å². The molecular weight excluding hydrogens is 248 g/mol. The summed E-state index contributed by atoms with van der Waals surface area (Å²) >= 11 is 0. The predicted octanol–water partition coefficient (Wildman–Crippen LogP) is 2.89. The molecule has 0 aliphatic carbocycles. The Balaban J connectivity index is 1.79. The van der Waals surface area contributed by atoms with Gasteiger partial charge in [0.15, 0.2) is 5.82 Å². The molecule has 98 valence electrons. The van der Waals surface area contributed by atoms with Crippen molar-refractivity contribution in [3.8, 4) is 0 Å². The molecule has 3 aromatic rings. The van der Waals surface area contributed by atoms with Crippen molar-refractivity contribution in [1.82, 2.24) is 20.2 Å². The van der Waals surface area contributed by atoms with E-state index in [1.54, 1.807) is 4.68 Å². The molecule has 2 aromatic carbocycles. The van der Waals surface area contributed by atoms with Crippen LogP contribution in [-0.4, -0.2) is 20.2 Å². The molecule has 0 saturated heterocycles. The van der Waals surface area contributed by atoms with Crippen LogP contribution in [0.5, 0.6) is 0 Å². The van der Waals surface area contributed by atoms with E-state index in [1.165, 1.54) is 5.56 Å². The summed E-state index contributed by atoms with van der Waals surface area (Å²) in [6, 6.07) is 20.2. The zero-order valence-electron chi connectivity index (χ0n) is 10.9. The van der Waals surface area contributed by atoms with Crippen LogP contribution in [0.15, 0.2) is 60.7 Å². The highest BCUT2D eigenvalue weighted by Crippen LogP contribution is 2.07. The lowest BCUT2D eigenvalue weighted by molar-refractivity contribution is 0.644. The summed E-state index contributed by atoms with van der Waals surface area (Å²) < 4.78 is 1.79. The Morgan fingerprint density at radius 2 is 1.55 bits per heavy atom. The summed E-state index contributed by atoms with van der Waals surface area (Å²) in [7, 11) is 0. The number of aromatic nitrogens is 4. The van der Waals surface area contributed by atoms with Crippen molar-refractivity contribution in [2.45, 2.75) is 6.54 Å². The lowest BCUT2D eigenvalue weighted by Gasteiger charge is -2.01. The Morgan fingerprint density at radius 1 is 0.850 bits per heavy atom. The fourth-order valence-corrected chi connectivity index (χ4v) is 1.93. The molecule has 4 heteroatoms. The first-order valence-corrected chi connectivity index (χ1v) is 6.45. The maximum atomic E-state index is 4.04. The van der Waals surface area contributed by atoms with Crippen LogP contribution in [0.1, 0.15) is 17.0 Å². The molecule has 0 aliphatic heterocycles. The first-order valence-electron chi connectivity index (χ1n) is 6.45. The van der Waals surface area contributed by atoms with Crippen molar-refractivity contribution in [1.29, 1.82) is 0 Å². The Bertz CT molecular complexity index is 687. The van der Waals surface area contributed by atoms with Crippen molar-refractivity contribution in [2.24, 2.45) is 0 Å². The average molecular weight is 262 g/mol. The van der Waals surface area contributed by atoms with E-state index in [2.05, 4.69) is 27.7 Å². The third-order valence-electron chi connectivity index (χ3n) is 2.96. The summed E-state index contributed by atoms with van der Waals surface area (Å²) in [6.45, 7) is 0.669. The topological polar surface area (TPSA) is 43.6 Å². The Morgan fingerprint density at radius 3 is 2.30 bits per heavy atom. The van der Waals surface area contributed by atoms with Crippen LogP contribution >= 0.6 is 0 Å². The number of hydrogen-bond acceptors (Lipinski definition) is 3. The van der Waals surface area contributed by atoms with E-state index in [0.717, 1.165) is 11.4 Å². The number of hydrogen-bond donors (Lipinski definition) is 0. The van der Waals surface area contributed by atoms with Crippen LogP contribution in [0.2, 0.25) is 0 Å². The molecule has 0 aliphatic rings. The van der Waals surface area contributed by atoms with Gasteiger partial charge in [0.1, 0.15) is 0 Å². The summed E-state index contributed by atoms with van der Waals surface area (Å²) in [5.41, 5.74) is 2.30. The van der Waals surface area contributed by atoms with E-state index >= 15 is 0 Å². The molecule has 0 fully saturated rings. The van der Waals surface area contributed by atoms with Gasteiger partial charge >= 0.3 is 0 Å². The molecule has 0 unspecified atom stereocenters. The van der Waals surface area contributed by atoms with Gasteiger partial charge in [0.2, 0.25) is 0 Å². The minimum absolute atomic E-state index is 0.669. The van der Waals surface area contributed by atoms with Crippen LogP contribution in [-0.2, 0) is 6.54 Å². The third-order valence-corrected chi connectivity index (χ3v) is 2.96. The Kier molecular flexibility index (Phi) is 3.64. The number of benzene rings is 2. The van der Waals surface area contributed by atoms with E-state index < -0.39 is 0 Å². The quantitative estimate of drug-likeness (QED) is 0.726. The standard InChI is InChI=1S/C16H14N4/c1-3-7-14(8-4-1)11-12-16-17-18-19-20(16)13-15-9-5-2-6-10-15/h1-12H,13H2. The highest BCUT2D eigenvalue weighted by molar-refractivity contribution is 5.66. The van der Waals surface area contributed by atoms with E-state index in [4.69, 9.17) is 0 Å². The van der Waals surface area contributed by atoms with Gasteiger partial charge in [-0.2, -0.15) is 0 Å². The summed E-state index contributed by atoms with van der Waals surface area (Å²) in [5.74, 6) is 0.748. The van der Waals surface area contributed by atoms with Crippen molar-refractivity contribution < 1.29 is 0 Å². The molecule has 0 saturated carbocycles. The SMILES string of the molecule is C(=Cc1nnnn1Cc1ccccc1)c1ccccc1. The van der Waals surface area contributed by atoms with Gasteiger partial charge in [-0.25, -0.2) is 4.68 Å². The number of tetrazole rings is 1. The highest BCUT2D eigenvalue weighted by atomic mass is 15.5. The summed E-state index contributed by atoms with van der Waals surface area (Å²) in [4.78, 5) is 0. The monoisotopic (exact) mass is 262 g/mol. The largest absolute Gasteiger partial charge is 0.221 e. The second kappa shape index (κ2) is 5.93. The first-order chi connectivity index (χ1) is 9.92. The Hall–Kier alpha value is -2.75. The van der Waals surface area contributed by atoms with Crippen LogP contribution in [0.25, 0.3) is 12.2 Å².